The summed E-state index contributed by atoms with van der Waals surface area (Å²) in [4.78, 5) is 39.0. The highest BCUT2D eigenvalue weighted by Crippen LogP contribution is 2.18. The highest BCUT2D eigenvalue weighted by atomic mass is 16.6. The largest absolute Gasteiger partial charge is 0.491 e. The Hall–Kier alpha value is -3.18. The summed E-state index contributed by atoms with van der Waals surface area (Å²) in [6.07, 6.45) is 0.735. The van der Waals surface area contributed by atoms with Gasteiger partial charge in [0.25, 0.3) is 11.2 Å². The summed E-state index contributed by atoms with van der Waals surface area (Å²) >= 11 is 0. The number of anilines is 1. The molecule has 1 aliphatic rings. The van der Waals surface area contributed by atoms with Crippen molar-refractivity contribution >= 4 is 11.5 Å². The fraction of sp³-hybridized carbons (Fsp3) is 0.545. The summed E-state index contributed by atoms with van der Waals surface area (Å²) in [6.45, 7) is 6.55. The van der Waals surface area contributed by atoms with Gasteiger partial charge in [0, 0.05) is 71.6 Å². The number of benzene rings is 1. The van der Waals surface area contributed by atoms with Gasteiger partial charge < -0.3 is 14.4 Å². The number of piperazine rings is 1. The number of nitro benzene ring substituents is 1. The molecule has 0 N–H and O–H groups in total. The van der Waals surface area contributed by atoms with Gasteiger partial charge in [0.05, 0.1) is 4.92 Å². The Morgan fingerprint density at radius 2 is 1.73 bits per heavy atom. The highest BCUT2D eigenvalue weighted by molar-refractivity contribution is 5.39. The Balaban J connectivity index is 1.57. The second-order valence-electron chi connectivity index (χ2n) is 8.08. The van der Waals surface area contributed by atoms with Gasteiger partial charge in [-0.1, -0.05) is 6.92 Å². The predicted molar refractivity (Wildman–Crippen MR) is 124 cm³/mol. The standard InChI is InChI=1S/C22H31N5O6/c1-4-13-32-19(16-33-18-7-5-17(6-8-18)27(30)31)15-25-9-11-26(12-10-25)20-14-21(28)24(3)22(29)23(20)2/h5-8,14,19H,4,9-13,15-16H2,1-3H3. The van der Waals surface area contributed by atoms with Crippen molar-refractivity contribution in [1.82, 2.24) is 14.0 Å². The van der Waals surface area contributed by atoms with Crippen LogP contribution in [0.15, 0.2) is 39.9 Å². The molecule has 2 aromatic rings. The minimum absolute atomic E-state index is 0.0211. The van der Waals surface area contributed by atoms with E-state index in [4.69, 9.17) is 9.47 Å². The van der Waals surface area contributed by atoms with E-state index in [0.29, 0.717) is 44.4 Å². The molecule has 11 heteroatoms. The number of nitro groups is 1. The lowest BCUT2D eigenvalue weighted by Gasteiger charge is -2.37. The smallest absolute Gasteiger partial charge is 0.332 e. The second kappa shape index (κ2) is 11.1. The van der Waals surface area contributed by atoms with Crippen molar-refractivity contribution in [2.24, 2.45) is 14.1 Å². The number of nitrogens with zero attached hydrogens (tertiary/aromatic N) is 5. The van der Waals surface area contributed by atoms with E-state index in [2.05, 4.69) is 9.80 Å². The van der Waals surface area contributed by atoms with Gasteiger partial charge in [0.1, 0.15) is 24.3 Å². The molecule has 0 aliphatic carbocycles. The normalized spacial score (nSPS) is 15.4. The number of aromatic nitrogens is 2. The molecule has 1 aromatic carbocycles. The zero-order valence-electron chi connectivity index (χ0n) is 19.3. The van der Waals surface area contributed by atoms with E-state index < -0.39 is 4.92 Å². The van der Waals surface area contributed by atoms with Crippen LogP contribution in [-0.2, 0) is 18.8 Å². The maximum Gasteiger partial charge on any atom is 0.332 e. The molecule has 1 fully saturated rings. The monoisotopic (exact) mass is 461 g/mol. The lowest BCUT2D eigenvalue weighted by molar-refractivity contribution is -0.384. The fourth-order valence-electron chi connectivity index (χ4n) is 3.76. The lowest BCUT2D eigenvalue weighted by atomic mass is 10.2. The number of non-ortho nitro benzene ring substituents is 1. The first kappa shape index (κ1) is 24.5. The average Bonchev–Trinajstić information content (AvgIpc) is 2.82. The number of ether oxygens (including phenoxy) is 2. The molecule has 33 heavy (non-hydrogen) atoms. The van der Waals surface area contributed by atoms with E-state index in [1.807, 2.05) is 6.92 Å². The molecule has 3 rings (SSSR count). The Kier molecular flexibility index (Phi) is 8.23. The van der Waals surface area contributed by atoms with Crippen LogP contribution in [0.2, 0.25) is 0 Å². The van der Waals surface area contributed by atoms with Gasteiger partial charge in [-0.25, -0.2) is 4.79 Å². The molecule has 0 amide bonds. The van der Waals surface area contributed by atoms with Crippen molar-refractivity contribution < 1.29 is 14.4 Å². The molecule has 180 valence electrons. The van der Waals surface area contributed by atoms with Crippen LogP contribution in [0, 0.1) is 10.1 Å². The van der Waals surface area contributed by atoms with Gasteiger partial charge in [-0.3, -0.25) is 28.9 Å². The summed E-state index contributed by atoms with van der Waals surface area (Å²) in [5, 5.41) is 10.8. The molecular weight excluding hydrogens is 430 g/mol. The molecule has 2 heterocycles. The molecule has 0 saturated carbocycles. The van der Waals surface area contributed by atoms with Crippen LogP contribution >= 0.6 is 0 Å². The molecule has 1 aliphatic heterocycles. The van der Waals surface area contributed by atoms with Crippen molar-refractivity contribution in [2.75, 3.05) is 50.8 Å². The third-order valence-electron chi connectivity index (χ3n) is 5.70. The van der Waals surface area contributed by atoms with Crippen molar-refractivity contribution in [3.05, 3.63) is 61.3 Å². The predicted octanol–water partition coefficient (Wildman–Crippen LogP) is 0.988. The van der Waals surface area contributed by atoms with Gasteiger partial charge in [-0.05, 0) is 18.6 Å². The van der Waals surface area contributed by atoms with Crippen LogP contribution in [0.5, 0.6) is 5.75 Å². The lowest BCUT2D eigenvalue weighted by Crippen LogP contribution is -2.51. The molecule has 1 saturated heterocycles. The first-order valence-corrected chi connectivity index (χ1v) is 11.0. The minimum Gasteiger partial charge on any atom is -0.491 e. The van der Waals surface area contributed by atoms with Crippen LogP contribution in [0.4, 0.5) is 11.5 Å². The van der Waals surface area contributed by atoms with Crippen LogP contribution in [0.25, 0.3) is 0 Å². The molecule has 0 radical (unpaired) electrons. The Bertz CT molecular complexity index is 1060. The summed E-state index contributed by atoms with van der Waals surface area (Å²) < 4.78 is 14.4. The molecule has 11 nitrogen and oxygen atoms in total. The van der Waals surface area contributed by atoms with Crippen molar-refractivity contribution in [2.45, 2.75) is 19.4 Å². The van der Waals surface area contributed by atoms with Gasteiger partial charge in [-0.15, -0.1) is 0 Å². The van der Waals surface area contributed by atoms with Gasteiger partial charge >= 0.3 is 5.69 Å². The first-order chi connectivity index (χ1) is 15.8. The number of hydrogen-bond acceptors (Lipinski definition) is 8. The maximum absolute atomic E-state index is 12.2. The fourth-order valence-corrected chi connectivity index (χ4v) is 3.76. The molecular formula is C22H31N5O6. The van der Waals surface area contributed by atoms with Crippen LogP contribution in [-0.4, -0.2) is 71.0 Å². The minimum atomic E-state index is -0.443. The van der Waals surface area contributed by atoms with E-state index in [9.17, 15) is 19.7 Å². The number of rotatable bonds is 10. The SMILES string of the molecule is CCCOC(COc1ccc([N+](=O)[O-])cc1)CN1CCN(c2cc(=O)n(C)c(=O)n2C)CC1. The topological polar surface area (TPSA) is 112 Å². The molecule has 1 unspecified atom stereocenters. The zero-order valence-corrected chi connectivity index (χ0v) is 19.3. The van der Waals surface area contributed by atoms with E-state index in [0.717, 1.165) is 24.1 Å². The van der Waals surface area contributed by atoms with Gasteiger partial charge in [0.2, 0.25) is 0 Å². The van der Waals surface area contributed by atoms with E-state index >= 15 is 0 Å². The zero-order chi connectivity index (χ0) is 24.0. The summed E-state index contributed by atoms with van der Waals surface area (Å²) in [6, 6.07) is 7.51. The van der Waals surface area contributed by atoms with Crippen LogP contribution < -0.4 is 20.9 Å². The Morgan fingerprint density at radius 1 is 1.06 bits per heavy atom. The average molecular weight is 462 g/mol. The third-order valence-corrected chi connectivity index (χ3v) is 5.70. The Morgan fingerprint density at radius 3 is 2.33 bits per heavy atom. The number of hydrogen-bond donors (Lipinski definition) is 0. The van der Waals surface area contributed by atoms with Crippen LogP contribution in [0.3, 0.4) is 0 Å². The van der Waals surface area contributed by atoms with Crippen molar-refractivity contribution in [3.8, 4) is 5.75 Å². The van der Waals surface area contributed by atoms with Crippen molar-refractivity contribution in [3.63, 3.8) is 0 Å². The quantitative estimate of drug-likeness (QED) is 0.380. The highest BCUT2D eigenvalue weighted by Gasteiger charge is 2.23. The van der Waals surface area contributed by atoms with Crippen molar-refractivity contribution in [1.29, 1.82) is 0 Å². The molecule has 0 bridgehead atoms. The molecule has 1 atom stereocenters. The first-order valence-electron chi connectivity index (χ1n) is 11.0. The summed E-state index contributed by atoms with van der Waals surface area (Å²) in [5.74, 6) is 1.19. The van der Waals surface area contributed by atoms with E-state index in [1.54, 1.807) is 19.2 Å². The van der Waals surface area contributed by atoms with Gasteiger partial charge in [0.15, 0.2) is 0 Å². The third kappa shape index (κ3) is 6.20. The van der Waals surface area contributed by atoms with Crippen LogP contribution in [0.1, 0.15) is 13.3 Å². The second-order valence-corrected chi connectivity index (χ2v) is 8.08. The molecule has 1 aromatic heterocycles. The summed E-state index contributed by atoms with van der Waals surface area (Å²) in [5.41, 5.74) is -0.629. The maximum atomic E-state index is 12.2. The van der Waals surface area contributed by atoms with Gasteiger partial charge in [-0.2, -0.15) is 0 Å². The summed E-state index contributed by atoms with van der Waals surface area (Å²) in [7, 11) is 3.15. The van der Waals surface area contributed by atoms with E-state index in [-0.39, 0.29) is 23.0 Å². The molecule has 0 spiro atoms. The Labute approximate surface area is 191 Å². The van der Waals surface area contributed by atoms with E-state index in [1.165, 1.54) is 29.8 Å².